The Bertz CT molecular complexity index is 436. The molecule has 5 nitrogen and oxygen atoms in total. The van der Waals surface area contributed by atoms with E-state index in [1.807, 2.05) is 18.9 Å². The average Bonchev–Trinajstić information content (AvgIpc) is 2.68. The molecule has 1 aromatic rings. The zero-order valence-electron chi connectivity index (χ0n) is 12.4. The number of aromatic nitrogens is 1. The summed E-state index contributed by atoms with van der Waals surface area (Å²) in [4.78, 5) is 18.7. The largest absolute Gasteiger partial charge is 0.382 e. The number of carbonyl (C=O) groups excluding carboxylic acids is 1. The molecule has 0 saturated carbocycles. The van der Waals surface area contributed by atoms with Crippen molar-refractivity contribution in [2.24, 2.45) is 5.41 Å². The lowest BCUT2D eigenvalue weighted by Crippen LogP contribution is -2.27. The minimum Gasteiger partial charge on any atom is -0.382 e. The Morgan fingerprint density at radius 2 is 2.11 bits per heavy atom. The zero-order valence-corrected chi connectivity index (χ0v) is 13.2. The van der Waals surface area contributed by atoms with Crippen LogP contribution < -0.4 is 16.0 Å². The fraction of sp³-hybridized carbons (Fsp3) is 0.692. The number of thiazole rings is 1. The van der Waals surface area contributed by atoms with Crippen LogP contribution in [0.2, 0.25) is 0 Å². The third-order valence-corrected chi connectivity index (χ3v) is 3.99. The van der Waals surface area contributed by atoms with Gasteiger partial charge in [-0.25, -0.2) is 4.98 Å². The van der Waals surface area contributed by atoms with Gasteiger partial charge < -0.3 is 16.0 Å². The van der Waals surface area contributed by atoms with Crippen LogP contribution in [0, 0.1) is 5.41 Å². The van der Waals surface area contributed by atoms with E-state index < -0.39 is 0 Å². The maximum absolute atomic E-state index is 12.0. The molecule has 0 fully saturated rings. The smallest absolute Gasteiger partial charge is 0.265 e. The van der Waals surface area contributed by atoms with Gasteiger partial charge in [-0.1, -0.05) is 32.1 Å². The lowest BCUT2D eigenvalue weighted by atomic mass is 9.92. The normalized spacial score (nSPS) is 11.4. The molecule has 1 aromatic heterocycles. The van der Waals surface area contributed by atoms with E-state index in [1.54, 1.807) is 0 Å². The SMILES string of the molecule is CCN(C)c1nc(N)c(C(=O)NCCC(C)(C)C)s1. The molecular weight excluding hydrogens is 260 g/mol. The Morgan fingerprint density at radius 3 is 2.63 bits per heavy atom. The molecule has 0 atom stereocenters. The first-order valence-corrected chi connectivity index (χ1v) is 7.32. The van der Waals surface area contributed by atoms with Crippen LogP contribution in [0.5, 0.6) is 0 Å². The Hall–Kier alpha value is -1.30. The van der Waals surface area contributed by atoms with E-state index >= 15 is 0 Å². The van der Waals surface area contributed by atoms with Crippen LogP contribution in [0.25, 0.3) is 0 Å². The van der Waals surface area contributed by atoms with E-state index in [0.717, 1.165) is 18.1 Å². The second kappa shape index (κ2) is 6.23. The number of nitrogens with two attached hydrogens (primary N) is 1. The second-order valence-electron chi connectivity index (χ2n) is 5.79. The Kier molecular flexibility index (Phi) is 5.17. The summed E-state index contributed by atoms with van der Waals surface area (Å²) in [5.74, 6) is 0.184. The summed E-state index contributed by atoms with van der Waals surface area (Å²) in [6.07, 6.45) is 0.930. The van der Waals surface area contributed by atoms with Crippen molar-refractivity contribution in [2.75, 3.05) is 30.8 Å². The van der Waals surface area contributed by atoms with Crippen molar-refractivity contribution in [2.45, 2.75) is 34.1 Å². The minimum atomic E-state index is -0.130. The minimum absolute atomic E-state index is 0.130. The van der Waals surface area contributed by atoms with Crippen molar-refractivity contribution < 1.29 is 4.79 Å². The molecule has 0 unspecified atom stereocenters. The highest BCUT2D eigenvalue weighted by Gasteiger charge is 2.18. The van der Waals surface area contributed by atoms with Crippen LogP contribution in [-0.4, -0.2) is 31.0 Å². The summed E-state index contributed by atoms with van der Waals surface area (Å²) in [5.41, 5.74) is 6.01. The summed E-state index contributed by atoms with van der Waals surface area (Å²) in [6, 6.07) is 0. The van der Waals surface area contributed by atoms with E-state index in [4.69, 9.17) is 5.73 Å². The van der Waals surface area contributed by atoms with Crippen molar-refractivity contribution in [1.82, 2.24) is 10.3 Å². The third kappa shape index (κ3) is 4.70. The van der Waals surface area contributed by atoms with Crippen LogP contribution in [-0.2, 0) is 0 Å². The molecule has 1 amide bonds. The summed E-state index contributed by atoms with van der Waals surface area (Å²) < 4.78 is 0. The van der Waals surface area contributed by atoms with E-state index in [1.165, 1.54) is 11.3 Å². The predicted molar refractivity (Wildman–Crippen MR) is 81.9 cm³/mol. The van der Waals surface area contributed by atoms with Crippen molar-refractivity contribution in [3.8, 4) is 0 Å². The van der Waals surface area contributed by atoms with Gasteiger partial charge in [-0.2, -0.15) is 0 Å². The fourth-order valence-electron chi connectivity index (χ4n) is 1.41. The van der Waals surface area contributed by atoms with Crippen LogP contribution >= 0.6 is 11.3 Å². The maximum Gasteiger partial charge on any atom is 0.265 e. The number of nitrogen functional groups attached to an aromatic ring is 1. The highest BCUT2D eigenvalue weighted by atomic mass is 32.1. The molecule has 0 radical (unpaired) electrons. The van der Waals surface area contributed by atoms with Gasteiger partial charge in [0.25, 0.3) is 5.91 Å². The fourth-order valence-corrected chi connectivity index (χ4v) is 2.34. The summed E-state index contributed by atoms with van der Waals surface area (Å²) in [7, 11) is 1.93. The van der Waals surface area contributed by atoms with Gasteiger partial charge in [0.2, 0.25) is 0 Å². The van der Waals surface area contributed by atoms with E-state index in [0.29, 0.717) is 17.2 Å². The lowest BCUT2D eigenvalue weighted by Gasteiger charge is -2.17. The number of carbonyl (C=O) groups is 1. The molecule has 0 spiro atoms. The van der Waals surface area contributed by atoms with Crippen LogP contribution in [0.3, 0.4) is 0 Å². The molecule has 3 N–H and O–H groups in total. The average molecular weight is 284 g/mol. The number of amides is 1. The Balaban J connectivity index is 2.65. The first kappa shape index (κ1) is 15.8. The molecule has 19 heavy (non-hydrogen) atoms. The molecule has 0 aliphatic carbocycles. The topological polar surface area (TPSA) is 71.2 Å². The summed E-state index contributed by atoms with van der Waals surface area (Å²) in [5, 5.41) is 3.68. The first-order valence-electron chi connectivity index (χ1n) is 6.50. The van der Waals surface area contributed by atoms with Gasteiger partial charge in [0, 0.05) is 20.1 Å². The van der Waals surface area contributed by atoms with E-state index in [9.17, 15) is 4.79 Å². The second-order valence-corrected chi connectivity index (χ2v) is 6.77. The number of nitrogens with zero attached hydrogens (tertiary/aromatic N) is 2. The quantitative estimate of drug-likeness (QED) is 0.870. The van der Waals surface area contributed by atoms with Crippen molar-refractivity contribution >= 4 is 28.2 Å². The number of anilines is 2. The van der Waals surface area contributed by atoms with Gasteiger partial charge in [0.15, 0.2) is 5.13 Å². The monoisotopic (exact) mass is 284 g/mol. The summed E-state index contributed by atoms with van der Waals surface area (Å²) >= 11 is 1.34. The van der Waals surface area contributed by atoms with Crippen molar-refractivity contribution in [1.29, 1.82) is 0 Å². The van der Waals surface area contributed by atoms with Gasteiger partial charge in [-0.3, -0.25) is 4.79 Å². The predicted octanol–water partition coefficient (Wildman–Crippen LogP) is 2.35. The van der Waals surface area contributed by atoms with Crippen molar-refractivity contribution in [3.63, 3.8) is 0 Å². The number of hydrogen-bond donors (Lipinski definition) is 2. The summed E-state index contributed by atoms with van der Waals surface area (Å²) in [6.45, 7) is 9.95. The molecule has 0 bridgehead atoms. The molecule has 1 rings (SSSR count). The van der Waals surface area contributed by atoms with Gasteiger partial charge in [0.1, 0.15) is 10.7 Å². The highest BCUT2D eigenvalue weighted by molar-refractivity contribution is 7.18. The van der Waals surface area contributed by atoms with Gasteiger partial charge in [-0.15, -0.1) is 0 Å². The molecule has 108 valence electrons. The van der Waals surface area contributed by atoms with Crippen LogP contribution in [0.1, 0.15) is 43.8 Å². The van der Waals surface area contributed by atoms with Gasteiger partial charge in [0.05, 0.1) is 0 Å². The van der Waals surface area contributed by atoms with Crippen LogP contribution in [0.15, 0.2) is 0 Å². The zero-order chi connectivity index (χ0) is 14.6. The molecule has 1 heterocycles. The van der Waals surface area contributed by atoms with Gasteiger partial charge >= 0.3 is 0 Å². The van der Waals surface area contributed by atoms with Crippen LogP contribution in [0.4, 0.5) is 10.9 Å². The highest BCUT2D eigenvalue weighted by Crippen LogP contribution is 2.27. The molecular formula is C13H24N4OS. The standard InChI is InChI=1S/C13H24N4OS/c1-6-17(5)12-16-10(14)9(19-12)11(18)15-8-7-13(2,3)4/h6-8,14H2,1-5H3,(H,15,18). The lowest BCUT2D eigenvalue weighted by molar-refractivity contribution is 0.0954. The number of rotatable bonds is 5. The first-order chi connectivity index (χ1) is 8.74. The van der Waals surface area contributed by atoms with Gasteiger partial charge in [-0.05, 0) is 18.8 Å². The Morgan fingerprint density at radius 1 is 1.47 bits per heavy atom. The number of hydrogen-bond acceptors (Lipinski definition) is 5. The van der Waals surface area contributed by atoms with E-state index in [-0.39, 0.29) is 11.3 Å². The molecule has 0 saturated heterocycles. The molecule has 6 heteroatoms. The number of nitrogens with one attached hydrogen (secondary N) is 1. The maximum atomic E-state index is 12.0. The molecule has 0 aromatic carbocycles. The third-order valence-electron chi connectivity index (χ3n) is 2.81. The Labute approximate surface area is 119 Å². The molecule has 0 aliphatic heterocycles. The molecule has 0 aliphatic rings. The van der Waals surface area contributed by atoms with Crippen molar-refractivity contribution in [3.05, 3.63) is 4.88 Å². The van der Waals surface area contributed by atoms with E-state index in [2.05, 4.69) is 31.1 Å².